The van der Waals surface area contributed by atoms with E-state index in [-0.39, 0.29) is 12.0 Å². The molecule has 1 unspecified atom stereocenters. The normalized spacial score (nSPS) is 18.9. The molecule has 0 bridgehead atoms. The maximum absolute atomic E-state index is 11.9. The van der Waals surface area contributed by atoms with E-state index in [9.17, 15) is 4.79 Å². The first-order valence-electron chi connectivity index (χ1n) is 6.48. The summed E-state index contributed by atoms with van der Waals surface area (Å²) in [5.74, 6) is 0.501. The highest BCUT2D eigenvalue weighted by Crippen LogP contribution is 2.05. The molecule has 0 aromatic carbocycles. The minimum Gasteiger partial charge on any atom is -0.376 e. The fourth-order valence-electron chi connectivity index (χ4n) is 1.79. The van der Waals surface area contributed by atoms with Crippen LogP contribution in [0, 0.1) is 0 Å². The quantitative estimate of drug-likeness (QED) is 0.818. The Bertz CT molecular complexity index is 419. The van der Waals surface area contributed by atoms with E-state index in [0.29, 0.717) is 37.9 Å². The molecule has 0 radical (unpaired) electrons. The molecule has 1 saturated heterocycles. The molecule has 2 rings (SSSR count). The van der Waals surface area contributed by atoms with E-state index in [1.807, 2.05) is 13.0 Å². The third-order valence-corrected chi connectivity index (χ3v) is 2.71. The summed E-state index contributed by atoms with van der Waals surface area (Å²) in [7, 11) is 0. The van der Waals surface area contributed by atoms with Crippen molar-refractivity contribution in [3.63, 3.8) is 0 Å². The van der Waals surface area contributed by atoms with Gasteiger partial charge in [0, 0.05) is 13.1 Å². The Labute approximate surface area is 112 Å². The summed E-state index contributed by atoms with van der Waals surface area (Å²) in [6.45, 7) is 4.91. The van der Waals surface area contributed by atoms with E-state index >= 15 is 0 Å². The van der Waals surface area contributed by atoms with Gasteiger partial charge >= 0.3 is 0 Å². The van der Waals surface area contributed by atoms with Gasteiger partial charge in [-0.3, -0.25) is 4.79 Å². The number of ether oxygens (including phenoxy) is 2. The lowest BCUT2D eigenvalue weighted by Crippen LogP contribution is -2.39. The Hall–Kier alpha value is -1.66. The minimum atomic E-state index is -0.200. The maximum atomic E-state index is 11.9. The number of rotatable bonds is 5. The molecule has 19 heavy (non-hydrogen) atoms. The van der Waals surface area contributed by atoms with Crippen LogP contribution in [0.5, 0.6) is 0 Å². The number of pyridine rings is 1. The average molecular weight is 265 g/mol. The van der Waals surface area contributed by atoms with E-state index in [1.54, 1.807) is 12.1 Å². The summed E-state index contributed by atoms with van der Waals surface area (Å²) in [6, 6.07) is 5.33. The third kappa shape index (κ3) is 4.18. The minimum absolute atomic E-state index is 0.0744. The van der Waals surface area contributed by atoms with Gasteiger partial charge in [0.1, 0.15) is 11.5 Å². The smallest absolute Gasteiger partial charge is 0.270 e. The number of hydrogen-bond donors (Lipinski definition) is 2. The van der Waals surface area contributed by atoms with E-state index in [2.05, 4.69) is 15.6 Å². The molecule has 0 saturated carbocycles. The summed E-state index contributed by atoms with van der Waals surface area (Å²) in [5.41, 5.74) is 0.398. The highest BCUT2D eigenvalue weighted by atomic mass is 16.6. The van der Waals surface area contributed by atoms with Crippen molar-refractivity contribution >= 4 is 11.7 Å². The molecule has 1 aromatic heterocycles. The second-order valence-corrected chi connectivity index (χ2v) is 4.22. The van der Waals surface area contributed by atoms with Crippen LogP contribution >= 0.6 is 0 Å². The summed E-state index contributed by atoms with van der Waals surface area (Å²) in [5, 5.41) is 5.88. The molecule has 2 N–H and O–H groups in total. The van der Waals surface area contributed by atoms with Gasteiger partial charge in [0.2, 0.25) is 0 Å². The van der Waals surface area contributed by atoms with Crippen molar-refractivity contribution in [2.24, 2.45) is 0 Å². The number of nitrogens with zero attached hydrogens (tertiary/aromatic N) is 1. The Balaban J connectivity index is 1.86. The maximum Gasteiger partial charge on any atom is 0.270 e. The van der Waals surface area contributed by atoms with Crippen LogP contribution in [-0.2, 0) is 9.47 Å². The van der Waals surface area contributed by atoms with Gasteiger partial charge in [-0.15, -0.1) is 0 Å². The Morgan fingerprint density at radius 2 is 2.37 bits per heavy atom. The first-order valence-corrected chi connectivity index (χ1v) is 6.48. The Kier molecular flexibility index (Phi) is 5.11. The SMILES string of the molecule is CCNc1cccc(C(=O)NCC2COCCO2)n1. The molecule has 1 aliphatic rings. The van der Waals surface area contributed by atoms with Crippen LogP contribution in [0.3, 0.4) is 0 Å². The van der Waals surface area contributed by atoms with Crippen LogP contribution in [0.25, 0.3) is 0 Å². The molecule has 1 aromatic rings. The van der Waals surface area contributed by atoms with Gasteiger partial charge in [-0.1, -0.05) is 6.07 Å². The number of amides is 1. The summed E-state index contributed by atoms with van der Waals surface area (Å²) in [4.78, 5) is 16.2. The van der Waals surface area contributed by atoms with Crippen molar-refractivity contribution in [2.45, 2.75) is 13.0 Å². The lowest BCUT2D eigenvalue weighted by Gasteiger charge is -2.22. The zero-order chi connectivity index (χ0) is 13.5. The predicted octanol–water partition coefficient (Wildman–Crippen LogP) is 0.659. The van der Waals surface area contributed by atoms with Gasteiger partial charge in [-0.2, -0.15) is 0 Å². The largest absolute Gasteiger partial charge is 0.376 e. The molecule has 1 amide bonds. The molecule has 1 atom stereocenters. The third-order valence-electron chi connectivity index (χ3n) is 2.71. The molecule has 1 aliphatic heterocycles. The van der Waals surface area contributed by atoms with E-state index in [4.69, 9.17) is 9.47 Å². The Morgan fingerprint density at radius 3 is 3.11 bits per heavy atom. The van der Waals surface area contributed by atoms with Gasteiger partial charge in [-0.05, 0) is 19.1 Å². The van der Waals surface area contributed by atoms with Crippen LogP contribution in [0.2, 0.25) is 0 Å². The second kappa shape index (κ2) is 7.06. The van der Waals surface area contributed by atoms with Crippen molar-refractivity contribution < 1.29 is 14.3 Å². The Morgan fingerprint density at radius 1 is 1.47 bits per heavy atom. The van der Waals surface area contributed by atoms with Crippen LogP contribution in [0.4, 0.5) is 5.82 Å². The number of nitrogens with one attached hydrogen (secondary N) is 2. The summed E-state index contributed by atoms with van der Waals surface area (Å²) < 4.78 is 10.7. The first-order chi connectivity index (χ1) is 9.29. The lowest BCUT2D eigenvalue weighted by molar-refractivity contribution is -0.0855. The van der Waals surface area contributed by atoms with Crippen LogP contribution in [0.15, 0.2) is 18.2 Å². The van der Waals surface area contributed by atoms with Crippen LogP contribution in [-0.4, -0.2) is 49.9 Å². The fraction of sp³-hybridized carbons (Fsp3) is 0.538. The number of carbonyl (C=O) groups is 1. The van der Waals surface area contributed by atoms with Crippen molar-refractivity contribution in [1.29, 1.82) is 0 Å². The topological polar surface area (TPSA) is 72.5 Å². The van der Waals surface area contributed by atoms with E-state index in [1.165, 1.54) is 0 Å². The van der Waals surface area contributed by atoms with Gasteiger partial charge in [0.15, 0.2) is 0 Å². The van der Waals surface area contributed by atoms with Crippen molar-refractivity contribution in [2.75, 3.05) is 38.2 Å². The standard InChI is InChI=1S/C13H19N3O3/c1-2-14-12-5-3-4-11(16-12)13(17)15-8-10-9-18-6-7-19-10/h3-5,10H,2,6-9H2,1H3,(H,14,16)(H,15,17). The average Bonchev–Trinajstić information content (AvgIpc) is 2.46. The summed E-state index contributed by atoms with van der Waals surface area (Å²) in [6.07, 6.45) is -0.0744. The van der Waals surface area contributed by atoms with Crippen molar-refractivity contribution in [3.05, 3.63) is 23.9 Å². The van der Waals surface area contributed by atoms with Crippen molar-refractivity contribution in [1.82, 2.24) is 10.3 Å². The zero-order valence-corrected chi connectivity index (χ0v) is 11.0. The predicted molar refractivity (Wildman–Crippen MR) is 71.3 cm³/mol. The van der Waals surface area contributed by atoms with Crippen molar-refractivity contribution in [3.8, 4) is 0 Å². The van der Waals surface area contributed by atoms with Gasteiger partial charge in [0.25, 0.3) is 5.91 Å². The summed E-state index contributed by atoms with van der Waals surface area (Å²) >= 11 is 0. The van der Waals surface area contributed by atoms with Gasteiger partial charge < -0.3 is 20.1 Å². The fourth-order valence-corrected chi connectivity index (χ4v) is 1.79. The van der Waals surface area contributed by atoms with Crippen LogP contribution in [0.1, 0.15) is 17.4 Å². The number of carbonyl (C=O) groups excluding carboxylic acids is 1. The molecular formula is C13H19N3O3. The molecule has 2 heterocycles. The second-order valence-electron chi connectivity index (χ2n) is 4.22. The molecule has 104 valence electrons. The zero-order valence-electron chi connectivity index (χ0n) is 11.0. The van der Waals surface area contributed by atoms with Gasteiger partial charge in [-0.25, -0.2) is 4.98 Å². The number of hydrogen-bond acceptors (Lipinski definition) is 5. The van der Waals surface area contributed by atoms with E-state index in [0.717, 1.165) is 6.54 Å². The molecule has 6 nitrogen and oxygen atoms in total. The number of aromatic nitrogens is 1. The molecular weight excluding hydrogens is 246 g/mol. The molecule has 1 fully saturated rings. The van der Waals surface area contributed by atoms with Crippen LogP contribution < -0.4 is 10.6 Å². The number of anilines is 1. The monoisotopic (exact) mass is 265 g/mol. The van der Waals surface area contributed by atoms with E-state index < -0.39 is 0 Å². The molecule has 0 aliphatic carbocycles. The van der Waals surface area contributed by atoms with Gasteiger partial charge in [0.05, 0.1) is 25.9 Å². The molecule has 0 spiro atoms. The highest BCUT2D eigenvalue weighted by molar-refractivity contribution is 5.92. The molecule has 6 heteroatoms. The lowest BCUT2D eigenvalue weighted by atomic mass is 10.3. The first kappa shape index (κ1) is 13.8. The highest BCUT2D eigenvalue weighted by Gasteiger charge is 2.16.